The smallest absolute Gasteiger partial charge is 0.234 e. The molecule has 1 saturated heterocycles. The van der Waals surface area contributed by atoms with Crippen molar-refractivity contribution in [2.75, 3.05) is 39.3 Å². The summed E-state index contributed by atoms with van der Waals surface area (Å²) >= 11 is 7.71. The number of hydrogen-bond donors (Lipinski definition) is 1. The number of rotatable bonds is 7. The van der Waals surface area contributed by atoms with Gasteiger partial charge >= 0.3 is 0 Å². The van der Waals surface area contributed by atoms with Crippen LogP contribution in [0.25, 0.3) is 0 Å². The maximum Gasteiger partial charge on any atom is 0.234 e. The van der Waals surface area contributed by atoms with E-state index in [9.17, 15) is 4.79 Å². The Morgan fingerprint density at radius 2 is 1.85 bits per heavy atom. The average Bonchev–Trinajstić information content (AvgIpc) is 3.04. The van der Waals surface area contributed by atoms with Crippen LogP contribution in [0.3, 0.4) is 0 Å². The largest absolute Gasteiger partial charge is 0.355 e. The van der Waals surface area contributed by atoms with Gasteiger partial charge in [-0.25, -0.2) is 0 Å². The van der Waals surface area contributed by atoms with Crippen LogP contribution >= 0.6 is 22.9 Å². The minimum absolute atomic E-state index is 0.116. The van der Waals surface area contributed by atoms with Gasteiger partial charge in [0, 0.05) is 36.1 Å². The number of carbonyl (C=O) groups is 1. The summed E-state index contributed by atoms with van der Waals surface area (Å²) in [4.78, 5) is 18.4. The Balaban J connectivity index is 1.35. The summed E-state index contributed by atoms with van der Waals surface area (Å²) in [5.41, 5.74) is 1.19. The first-order valence-electron chi connectivity index (χ1n) is 9.17. The van der Waals surface area contributed by atoms with Gasteiger partial charge in [-0.05, 0) is 55.1 Å². The second kappa shape index (κ2) is 10.1. The van der Waals surface area contributed by atoms with Crippen LogP contribution in [0.15, 0.2) is 41.8 Å². The third-order valence-corrected chi connectivity index (χ3v) is 5.77. The lowest BCUT2D eigenvalue weighted by Gasteiger charge is -2.21. The standard InChI is InChI=1S/C20H26ClN3OS/c21-18-6-4-17(5-7-18)8-9-22-20(25)16-24-11-2-10-23(12-13-24)15-19-3-1-14-26-19/h1,3-7,14H,2,8-13,15-16H2,(H,22,25). The average molecular weight is 392 g/mol. The molecule has 0 saturated carbocycles. The number of nitrogens with one attached hydrogen (secondary N) is 1. The van der Waals surface area contributed by atoms with E-state index in [1.807, 2.05) is 35.6 Å². The molecule has 26 heavy (non-hydrogen) atoms. The molecular formula is C20H26ClN3OS. The molecule has 0 atom stereocenters. The summed E-state index contributed by atoms with van der Waals surface area (Å²) in [5, 5.41) is 5.91. The molecule has 1 aromatic heterocycles. The summed E-state index contributed by atoms with van der Waals surface area (Å²) in [6.45, 7) is 6.26. The monoisotopic (exact) mass is 391 g/mol. The zero-order valence-electron chi connectivity index (χ0n) is 15.0. The fraction of sp³-hybridized carbons (Fsp3) is 0.450. The van der Waals surface area contributed by atoms with Gasteiger partial charge in [-0.3, -0.25) is 14.6 Å². The number of nitrogens with zero attached hydrogens (tertiary/aromatic N) is 2. The second-order valence-electron chi connectivity index (χ2n) is 6.71. The molecule has 0 unspecified atom stereocenters. The minimum Gasteiger partial charge on any atom is -0.355 e. The molecule has 1 fully saturated rings. The summed E-state index contributed by atoms with van der Waals surface area (Å²) in [6, 6.07) is 12.1. The first-order chi connectivity index (χ1) is 12.7. The van der Waals surface area contributed by atoms with E-state index in [0.717, 1.165) is 50.6 Å². The molecule has 6 heteroatoms. The Morgan fingerprint density at radius 1 is 1.08 bits per heavy atom. The topological polar surface area (TPSA) is 35.6 Å². The van der Waals surface area contributed by atoms with E-state index in [1.165, 1.54) is 10.4 Å². The van der Waals surface area contributed by atoms with Crippen LogP contribution < -0.4 is 5.32 Å². The molecule has 4 nitrogen and oxygen atoms in total. The Hall–Kier alpha value is -1.40. The molecule has 1 amide bonds. The zero-order valence-corrected chi connectivity index (χ0v) is 16.6. The zero-order chi connectivity index (χ0) is 18.2. The Labute approximate surface area is 164 Å². The summed E-state index contributed by atoms with van der Waals surface area (Å²) in [7, 11) is 0. The van der Waals surface area contributed by atoms with E-state index < -0.39 is 0 Å². The lowest BCUT2D eigenvalue weighted by Crippen LogP contribution is -2.39. The molecule has 3 rings (SSSR count). The number of carbonyl (C=O) groups excluding carboxylic acids is 1. The van der Waals surface area contributed by atoms with Crippen molar-refractivity contribution in [1.82, 2.24) is 15.1 Å². The van der Waals surface area contributed by atoms with Crippen molar-refractivity contribution < 1.29 is 4.79 Å². The number of halogens is 1. The molecule has 1 aliphatic heterocycles. The number of hydrogen-bond acceptors (Lipinski definition) is 4. The van der Waals surface area contributed by atoms with Crippen molar-refractivity contribution in [3.8, 4) is 0 Å². The maximum atomic E-state index is 12.2. The fourth-order valence-corrected chi connectivity index (χ4v) is 4.09. The molecule has 1 aliphatic rings. The molecule has 140 valence electrons. The third kappa shape index (κ3) is 6.40. The summed E-state index contributed by atoms with van der Waals surface area (Å²) < 4.78 is 0. The van der Waals surface area contributed by atoms with Crippen molar-refractivity contribution in [3.05, 3.63) is 57.2 Å². The SMILES string of the molecule is O=C(CN1CCCN(Cc2cccs2)CC1)NCCc1ccc(Cl)cc1. The molecule has 2 aromatic rings. The minimum atomic E-state index is 0.116. The van der Waals surface area contributed by atoms with E-state index in [1.54, 1.807) is 0 Å². The van der Waals surface area contributed by atoms with E-state index in [-0.39, 0.29) is 5.91 Å². The van der Waals surface area contributed by atoms with Crippen LogP contribution in [-0.2, 0) is 17.8 Å². The fourth-order valence-electron chi connectivity index (χ4n) is 3.22. The van der Waals surface area contributed by atoms with Gasteiger partial charge in [-0.2, -0.15) is 0 Å². The van der Waals surface area contributed by atoms with E-state index in [4.69, 9.17) is 11.6 Å². The van der Waals surface area contributed by atoms with Crippen LogP contribution in [0, 0.1) is 0 Å². The van der Waals surface area contributed by atoms with E-state index in [2.05, 4.69) is 32.6 Å². The Morgan fingerprint density at radius 3 is 2.62 bits per heavy atom. The third-order valence-electron chi connectivity index (χ3n) is 4.66. The summed E-state index contributed by atoms with van der Waals surface area (Å²) in [5.74, 6) is 0.116. The highest BCUT2D eigenvalue weighted by atomic mass is 35.5. The highest BCUT2D eigenvalue weighted by Gasteiger charge is 2.17. The Bertz CT molecular complexity index is 675. The predicted molar refractivity (Wildman–Crippen MR) is 109 cm³/mol. The van der Waals surface area contributed by atoms with Crippen LogP contribution in [0.4, 0.5) is 0 Å². The van der Waals surface area contributed by atoms with Crippen LogP contribution in [0.2, 0.25) is 5.02 Å². The van der Waals surface area contributed by atoms with Gasteiger partial charge in [0.05, 0.1) is 6.54 Å². The van der Waals surface area contributed by atoms with Gasteiger partial charge < -0.3 is 5.32 Å². The lowest BCUT2D eigenvalue weighted by atomic mass is 10.1. The van der Waals surface area contributed by atoms with Gasteiger partial charge in [-0.1, -0.05) is 29.8 Å². The first kappa shape index (κ1) is 19.4. The lowest BCUT2D eigenvalue weighted by molar-refractivity contribution is -0.122. The second-order valence-corrected chi connectivity index (χ2v) is 8.18. The molecule has 0 bridgehead atoms. The van der Waals surface area contributed by atoms with Gasteiger partial charge in [0.2, 0.25) is 5.91 Å². The van der Waals surface area contributed by atoms with Crippen LogP contribution in [0.1, 0.15) is 16.9 Å². The predicted octanol–water partition coefficient (Wildman–Crippen LogP) is 3.27. The Kier molecular flexibility index (Phi) is 7.50. The van der Waals surface area contributed by atoms with Crippen molar-refractivity contribution in [3.63, 3.8) is 0 Å². The highest BCUT2D eigenvalue weighted by molar-refractivity contribution is 7.09. The molecule has 0 aliphatic carbocycles. The first-order valence-corrected chi connectivity index (χ1v) is 10.4. The molecule has 1 aromatic carbocycles. The quantitative estimate of drug-likeness (QED) is 0.786. The van der Waals surface area contributed by atoms with Crippen molar-refractivity contribution >= 4 is 28.8 Å². The van der Waals surface area contributed by atoms with E-state index in [0.29, 0.717) is 13.1 Å². The molecular weight excluding hydrogens is 366 g/mol. The van der Waals surface area contributed by atoms with Gasteiger partial charge in [0.25, 0.3) is 0 Å². The molecule has 1 N–H and O–H groups in total. The molecule has 0 radical (unpaired) electrons. The van der Waals surface area contributed by atoms with E-state index >= 15 is 0 Å². The number of benzene rings is 1. The normalized spacial score (nSPS) is 16.3. The molecule has 2 heterocycles. The van der Waals surface area contributed by atoms with Gasteiger partial charge in [0.1, 0.15) is 0 Å². The summed E-state index contributed by atoms with van der Waals surface area (Å²) in [6.07, 6.45) is 1.95. The maximum absolute atomic E-state index is 12.2. The van der Waals surface area contributed by atoms with Crippen molar-refractivity contribution in [2.24, 2.45) is 0 Å². The van der Waals surface area contributed by atoms with Crippen molar-refractivity contribution in [1.29, 1.82) is 0 Å². The number of thiophene rings is 1. The molecule has 0 spiro atoms. The van der Waals surface area contributed by atoms with Gasteiger partial charge in [-0.15, -0.1) is 11.3 Å². The van der Waals surface area contributed by atoms with Gasteiger partial charge in [0.15, 0.2) is 0 Å². The van der Waals surface area contributed by atoms with Crippen LogP contribution in [-0.4, -0.2) is 55.0 Å². The van der Waals surface area contributed by atoms with Crippen molar-refractivity contribution in [2.45, 2.75) is 19.4 Å². The highest BCUT2D eigenvalue weighted by Crippen LogP contribution is 2.13. The number of amides is 1. The van der Waals surface area contributed by atoms with Crippen LogP contribution in [0.5, 0.6) is 0 Å².